The molecule has 0 rings (SSSR count). The first-order valence-corrected chi connectivity index (χ1v) is 2.68. The molecule has 0 aromatic carbocycles. The van der Waals surface area contributed by atoms with Crippen LogP contribution >= 0.6 is 0 Å². The summed E-state index contributed by atoms with van der Waals surface area (Å²) in [6, 6.07) is 0. The summed E-state index contributed by atoms with van der Waals surface area (Å²) in [4.78, 5) is 29.3. The molecule has 0 spiro atoms. The number of halogens is 1. The zero-order valence-electron chi connectivity index (χ0n) is 3.70. The van der Waals surface area contributed by atoms with Crippen molar-refractivity contribution >= 4 is 171 Å². The van der Waals surface area contributed by atoms with Crippen LogP contribution < -0.4 is 0 Å². The van der Waals surface area contributed by atoms with Gasteiger partial charge in [0.2, 0.25) is 0 Å². The van der Waals surface area contributed by atoms with Crippen LogP contribution in [0.25, 0.3) is 0 Å². The van der Waals surface area contributed by atoms with Crippen molar-refractivity contribution in [3.63, 3.8) is 0 Å². The first-order chi connectivity index (χ1) is 2.00. The summed E-state index contributed by atoms with van der Waals surface area (Å²) in [5, 5.41) is 0. The number of rotatable bonds is 0. The molecule has 0 heterocycles. The van der Waals surface area contributed by atoms with Crippen LogP contribution in [0.2, 0.25) is 0 Å². The predicted octanol–water partition coefficient (Wildman–Crippen LogP) is -7.50. The van der Waals surface area contributed by atoms with Gasteiger partial charge in [0, 0.05) is 0 Å². The Balaban J connectivity index is -0.00000000381. The Morgan fingerprint density at radius 2 is 0.833 bits per heavy atom. The Labute approximate surface area is 200 Å². The van der Waals surface area contributed by atoms with Crippen LogP contribution in [0.3, 0.4) is 0 Å². The van der Waals surface area contributed by atoms with Gasteiger partial charge in [-0.2, -0.15) is 0 Å². The molecule has 8 N–H and O–H groups in total. The Kier molecular flexibility index (Phi) is 133. The fourth-order valence-corrected chi connectivity index (χ4v) is 0. The van der Waals surface area contributed by atoms with E-state index < -0.39 is 9.05 Å². The molecule has 70 valence electrons. The summed E-state index contributed by atoms with van der Waals surface area (Å²) < 4.78 is 0. The Bertz CT molecular complexity index is 43.0. The van der Waals surface area contributed by atoms with Crippen LogP contribution in [-0.4, -0.2) is 201 Å². The first kappa shape index (κ1) is 53.3. The summed E-state index contributed by atoms with van der Waals surface area (Å²) in [5.41, 5.74) is 0. The molecule has 0 unspecified atom stereocenters. The van der Waals surface area contributed by atoms with Gasteiger partial charge in [0.1, 0.15) is 0 Å². The van der Waals surface area contributed by atoms with E-state index in [0.717, 1.165) is 0 Å². The normalized spacial score (nSPS) is 5.00. The van der Waals surface area contributed by atoms with Crippen molar-refractivity contribution in [3.05, 3.63) is 0 Å². The van der Waals surface area contributed by atoms with E-state index in [4.69, 9.17) is 19.2 Å². The minimum absolute atomic E-state index is 0. The van der Waals surface area contributed by atoms with Crippen molar-refractivity contribution in [1.82, 2.24) is 0 Å². The Morgan fingerprint density at radius 1 is 0.833 bits per heavy atom. The molecule has 6 nitrogen and oxygen atoms in total. The van der Waals surface area contributed by atoms with Crippen LogP contribution in [0.15, 0.2) is 0 Å². The van der Waals surface area contributed by atoms with Gasteiger partial charge < -0.3 is 30.1 Å². The molecule has 0 aliphatic rings. The van der Waals surface area contributed by atoms with E-state index in [1.54, 1.807) is 0 Å². The van der Waals surface area contributed by atoms with Gasteiger partial charge in [-0.05, 0) is 0 Å². The molecule has 0 amide bonds. The molecule has 0 saturated heterocycles. The number of hydrogen-bond donors (Lipinski definition) is 4. The summed E-state index contributed by atoms with van der Waals surface area (Å²) in [5.74, 6) is 0. The van der Waals surface area contributed by atoms with Crippen LogP contribution in [0.5, 0.6) is 0 Å². The predicted molar refractivity (Wildman–Crippen MR) is 57.1 cm³/mol. The van der Waals surface area contributed by atoms with Gasteiger partial charge in [0.15, 0.2) is 0 Å². The molecule has 0 aliphatic carbocycles. The van der Waals surface area contributed by atoms with E-state index in [2.05, 4.69) is 0 Å². The van der Waals surface area contributed by atoms with Gasteiger partial charge in [0.25, 0.3) is 0 Å². The fourth-order valence-electron chi connectivity index (χ4n) is 0. The zero-order chi connectivity index (χ0) is 4.50. The Morgan fingerprint density at radius 3 is 0.833 bits per heavy atom. The second-order valence-corrected chi connectivity index (χ2v) is 1.80. The summed E-state index contributed by atoms with van der Waals surface area (Å²) in [6.07, 6.45) is 0. The summed E-state index contributed by atoms with van der Waals surface area (Å²) in [7, 11) is -4.61. The van der Waals surface area contributed by atoms with Crippen LogP contribution in [0.4, 0.5) is 4.70 Å². The monoisotopic (exact) mass is 448 g/mol. The summed E-state index contributed by atoms with van der Waals surface area (Å²) >= 11 is 0. The zero-order valence-corrected chi connectivity index (χ0v) is 4.70. The third-order valence-corrected chi connectivity index (χ3v) is 0. The fraction of sp³-hybridized carbons (Fsp3) is 0. The molecule has 0 aromatic heterocycles. The minimum atomic E-state index is -4.61. The van der Waals surface area contributed by atoms with Crippen molar-refractivity contribution in [2.24, 2.45) is 0 Å². The van der Waals surface area contributed by atoms with Gasteiger partial charge >= 0.3 is 171 Å². The second kappa shape index (κ2) is 29.8. The van der Waals surface area contributed by atoms with Gasteiger partial charge in [-0.15, -0.1) is 0 Å². The SMILES string of the molecule is F.O.O.O[Si](O)(O)O.[BaH2].[CaH2].[NaH].[SrH2]. The van der Waals surface area contributed by atoms with Crippen LogP contribution in [0, 0.1) is 0 Å². The standard InChI is InChI=1S/Ba.Ca.FH.Na.H4O4Si.2H2O.Sr.7H/c;;;;1-5(2,3)4;;;;;;;;;;/h;;1H;;1-4H;2*1H2;;;;;;;;. The van der Waals surface area contributed by atoms with Crippen molar-refractivity contribution in [2.75, 3.05) is 0 Å². The van der Waals surface area contributed by atoms with Gasteiger partial charge in [0.05, 0.1) is 0 Å². The molecule has 0 atom stereocenters. The van der Waals surface area contributed by atoms with Gasteiger partial charge in [-0.25, -0.2) is 0 Å². The molecule has 0 radical (unpaired) electrons. The van der Waals surface area contributed by atoms with Crippen LogP contribution in [-0.2, 0) is 0 Å². The van der Waals surface area contributed by atoms with Crippen molar-refractivity contribution < 1.29 is 34.8 Å². The molecule has 0 fully saturated rings. The average Bonchev–Trinajstić information content (AvgIpc) is 0.722. The third kappa shape index (κ3) is 113. The molecule has 0 bridgehead atoms. The Hall–Kier alpha value is 5.22. The third-order valence-electron chi connectivity index (χ3n) is 0. The van der Waals surface area contributed by atoms with E-state index in [1.807, 2.05) is 0 Å². The van der Waals surface area contributed by atoms with Crippen molar-refractivity contribution in [1.29, 1.82) is 0 Å². The molecule has 0 aromatic rings. The van der Waals surface area contributed by atoms with E-state index in [1.165, 1.54) is 0 Å². The van der Waals surface area contributed by atoms with E-state index in [9.17, 15) is 0 Å². The first-order valence-electron chi connectivity index (χ1n) is 0.894. The molecule has 0 aliphatic heterocycles. The van der Waals surface area contributed by atoms with Crippen molar-refractivity contribution in [3.8, 4) is 0 Å². The molecular formula is H16BaCaFNaO6SiSr. The molecule has 12 heavy (non-hydrogen) atoms. The molecule has 0 saturated carbocycles. The second-order valence-electron chi connectivity index (χ2n) is 0.600. The molecule has 12 heteroatoms. The maximum atomic E-state index is 7.33. The van der Waals surface area contributed by atoms with E-state index >= 15 is 0 Å². The quantitative estimate of drug-likeness (QED) is 0.274. The van der Waals surface area contributed by atoms with Gasteiger partial charge in [-0.3, -0.25) is 4.70 Å². The topological polar surface area (TPSA) is 144 Å². The van der Waals surface area contributed by atoms with Crippen LogP contribution in [0.1, 0.15) is 0 Å². The summed E-state index contributed by atoms with van der Waals surface area (Å²) in [6.45, 7) is 0. The maximum absolute atomic E-state index is 7.33. The van der Waals surface area contributed by atoms with Crippen molar-refractivity contribution in [2.45, 2.75) is 0 Å². The average molecular weight is 447 g/mol. The van der Waals surface area contributed by atoms with E-state index in [-0.39, 0.29) is 177 Å². The number of hydrogen-bond acceptors (Lipinski definition) is 4. The molecular weight excluding hydrogens is 431 g/mol. The van der Waals surface area contributed by atoms with E-state index in [0.29, 0.717) is 0 Å². The van der Waals surface area contributed by atoms with Gasteiger partial charge in [-0.1, -0.05) is 0 Å².